The fraction of sp³-hybridized carbons (Fsp3) is 0.125. The van der Waals surface area contributed by atoms with Gasteiger partial charge in [-0.25, -0.2) is 0 Å². The van der Waals surface area contributed by atoms with E-state index in [1.807, 2.05) is 11.8 Å². The lowest BCUT2D eigenvalue weighted by Gasteiger charge is -2.04. The first-order valence-electron chi connectivity index (χ1n) is 6.05. The molecule has 0 unspecified atom stereocenters. The van der Waals surface area contributed by atoms with E-state index >= 15 is 0 Å². The van der Waals surface area contributed by atoms with E-state index in [9.17, 15) is 0 Å². The van der Waals surface area contributed by atoms with E-state index in [1.54, 1.807) is 0 Å². The molecule has 0 saturated heterocycles. The van der Waals surface area contributed by atoms with Gasteiger partial charge in [0.1, 0.15) is 0 Å². The molecule has 0 aliphatic carbocycles. The standard InChI is InChI=1S/C16H15NS/c1-17-11-10-14-15(17)8-5-9-16(14)18-12-13-6-3-2-4-7-13/h2-11H,12H2,1H3. The molecule has 0 radical (unpaired) electrons. The molecule has 1 aromatic heterocycles. The molecule has 0 atom stereocenters. The minimum Gasteiger partial charge on any atom is -0.351 e. The van der Waals surface area contributed by atoms with Crippen molar-refractivity contribution in [2.75, 3.05) is 0 Å². The molecule has 1 nitrogen and oxygen atoms in total. The molecule has 2 aromatic carbocycles. The number of benzene rings is 2. The second-order valence-corrected chi connectivity index (χ2v) is 5.41. The minimum absolute atomic E-state index is 1.02. The van der Waals surface area contributed by atoms with Gasteiger partial charge in [-0.2, -0.15) is 0 Å². The lowest BCUT2D eigenvalue weighted by molar-refractivity contribution is 0.969. The Bertz CT molecular complexity index is 655. The van der Waals surface area contributed by atoms with Gasteiger partial charge in [-0.1, -0.05) is 36.4 Å². The van der Waals surface area contributed by atoms with Crippen molar-refractivity contribution >= 4 is 22.7 Å². The van der Waals surface area contributed by atoms with E-state index in [4.69, 9.17) is 0 Å². The van der Waals surface area contributed by atoms with Crippen LogP contribution in [0.25, 0.3) is 10.9 Å². The molecule has 3 rings (SSSR count). The van der Waals surface area contributed by atoms with Crippen LogP contribution >= 0.6 is 11.8 Å². The van der Waals surface area contributed by atoms with Crippen molar-refractivity contribution < 1.29 is 0 Å². The summed E-state index contributed by atoms with van der Waals surface area (Å²) >= 11 is 1.90. The first-order chi connectivity index (χ1) is 8.84. The molecule has 0 spiro atoms. The molecule has 0 N–H and O–H groups in total. The summed E-state index contributed by atoms with van der Waals surface area (Å²) in [5, 5.41) is 1.35. The summed E-state index contributed by atoms with van der Waals surface area (Å²) < 4.78 is 2.17. The van der Waals surface area contributed by atoms with E-state index < -0.39 is 0 Å². The number of fused-ring (bicyclic) bond motifs is 1. The number of hydrogen-bond donors (Lipinski definition) is 0. The molecule has 0 amide bonds. The van der Waals surface area contributed by atoms with Crippen LogP contribution in [0.15, 0.2) is 65.7 Å². The van der Waals surface area contributed by atoms with E-state index in [2.05, 4.69) is 72.4 Å². The van der Waals surface area contributed by atoms with E-state index in [0.29, 0.717) is 0 Å². The van der Waals surface area contributed by atoms with Crippen LogP contribution in [0.3, 0.4) is 0 Å². The molecule has 0 saturated carbocycles. The Morgan fingerprint density at radius 3 is 2.61 bits per heavy atom. The van der Waals surface area contributed by atoms with Gasteiger partial charge in [0.15, 0.2) is 0 Å². The van der Waals surface area contributed by atoms with Crippen LogP contribution < -0.4 is 0 Å². The maximum absolute atomic E-state index is 2.20. The van der Waals surface area contributed by atoms with Gasteiger partial charge in [0.05, 0.1) is 0 Å². The minimum atomic E-state index is 1.02. The SMILES string of the molecule is Cn1ccc2c(SCc3ccccc3)cccc21. The summed E-state index contributed by atoms with van der Waals surface area (Å²) in [5.41, 5.74) is 2.67. The monoisotopic (exact) mass is 253 g/mol. The predicted octanol–water partition coefficient (Wildman–Crippen LogP) is 4.47. The third-order valence-corrected chi connectivity index (χ3v) is 4.27. The summed E-state index contributed by atoms with van der Waals surface area (Å²) in [4.78, 5) is 1.36. The molecule has 1 heterocycles. The van der Waals surface area contributed by atoms with Crippen LogP contribution in [-0.2, 0) is 12.8 Å². The Labute approximate surface area is 111 Å². The first kappa shape index (κ1) is 11.4. The molecule has 18 heavy (non-hydrogen) atoms. The van der Waals surface area contributed by atoms with Crippen molar-refractivity contribution in [2.45, 2.75) is 10.6 Å². The average molecular weight is 253 g/mol. The van der Waals surface area contributed by atoms with E-state index in [-0.39, 0.29) is 0 Å². The maximum atomic E-state index is 2.20. The van der Waals surface area contributed by atoms with Gasteiger partial charge in [-0.3, -0.25) is 0 Å². The molecule has 0 fully saturated rings. The smallest absolute Gasteiger partial charge is 0.0489 e. The number of rotatable bonds is 3. The van der Waals surface area contributed by atoms with Gasteiger partial charge in [-0.15, -0.1) is 11.8 Å². The Hall–Kier alpha value is -1.67. The van der Waals surface area contributed by atoms with Crippen LogP contribution in [0.1, 0.15) is 5.56 Å². The zero-order chi connectivity index (χ0) is 12.4. The van der Waals surface area contributed by atoms with Crippen molar-refractivity contribution in [3.8, 4) is 0 Å². The van der Waals surface area contributed by atoms with Gasteiger partial charge in [0.25, 0.3) is 0 Å². The highest BCUT2D eigenvalue weighted by Gasteiger charge is 2.04. The Morgan fingerprint density at radius 2 is 1.78 bits per heavy atom. The topological polar surface area (TPSA) is 4.93 Å². The third-order valence-electron chi connectivity index (χ3n) is 3.13. The summed E-state index contributed by atoms with van der Waals surface area (Å²) in [6.07, 6.45) is 2.12. The zero-order valence-electron chi connectivity index (χ0n) is 10.3. The molecule has 3 aromatic rings. The molecular weight excluding hydrogens is 238 g/mol. The molecular formula is C16H15NS. The van der Waals surface area contributed by atoms with Gasteiger partial charge >= 0.3 is 0 Å². The average Bonchev–Trinajstić information content (AvgIpc) is 2.80. The Morgan fingerprint density at radius 1 is 0.944 bits per heavy atom. The number of hydrogen-bond acceptors (Lipinski definition) is 1. The van der Waals surface area contributed by atoms with E-state index in [1.165, 1.54) is 21.4 Å². The quantitative estimate of drug-likeness (QED) is 0.623. The maximum Gasteiger partial charge on any atom is 0.0489 e. The van der Waals surface area contributed by atoms with Crippen molar-refractivity contribution in [3.63, 3.8) is 0 Å². The lowest BCUT2D eigenvalue weighted by atomic mass is 10.2. The fourth-order valence-corrected chi connectivity index (χ4v) is 3.15. The van der Waals surface area contributed by atoms with E-state index in [0.717, 1.165) is 5.75 Å². The molecule has 0 aliphatic heterocycles. The normalized spacial score (nSPS) is 10.9. The second-order valence-electron chi connectivity index (χ2n) is 4.39. The summed E-state index contributed by atoms with van der Waals surface area (Å²) in [7, 11) is 2.09. The number of thioether (sulfide) groups is 1. The Balaban J connectivity index is 1.87. The highest BCUT2D eigenvalue weighted by Crippen LogP contribution is 2.30. The van der Waals surface area contributed by atoms with Gasteiger partial charge < -0.3 is 4.57 Å². The lowest BCUT2D eigenvalue weighted by Crippen LogP contribution is -1.84. The van der Waals surface area contributed by atoms with Crippen molar-refractivity contribution in [2.24, 2.45) is 7.05 Å². The van der Waals surface area contributed by atoms with Crippen LogP contribution in [0.5, 0.6) is 0 Å². The van der Waals surface area contributed by atoms with Crippen molar-refractivity contribution in [1.29, 1.82) is 0 Å². The molecule has 0 aliphatic rings. The summed E-state index contributed by atoms with van der Waals surface area (Å²) in [6, 6.07) is 19.3. The largest absolute Gasteiger partial charge is 0.351 e. The summed E-state index contributed by atoms with van der Waals surface area (Å²) in [6.45, 7) is 0. The Kier molecular flexibility index (Phi) is 3.11. The number of aromatic nitrogens is 1. The predicted molar refractivity (Wildman–Crippen MR) is 78.9 cm³/mol. The third kappa shape index (κ3) is 2.16. The van der Waals surface area contributed by atoms with Crippen LogP contribution in [-0.4, -0.2) is 4.57 Å². The van der Waals surface area contributed by atoms with Gasteiger partial charge in [0, 0.05) is 34.8 Å². The van der Waals surface area contributed by atoms with Crippen LogP contribution in [0, 0.1) is 0 Å². The molecule has 90 valence electrons. The second kappa shape index (κ2) is 4.91. The molecule has 0 bridgehead atoms. The highest BCUT2D eigenvalue weighted by molar-refractivity contribution is 7.98. The summed E-state index contributed by atoms with van der Waals surface area (Å²) in [5.74, 6) is 1.02. The first-order valence-corrected chi connectivity index (χ1v) is 7.04. The van der Waals surface area contributed by atoms with Gasteiger partial charge in [-0.05, 0) is 23.8 Å². The van der Waals surface area contributed by atoms with Crippen LogP contribution in [0.2, 0.25) is 0 Å². The molecule has 2 heteroatoms. The van der Waals surface area contributed by atoms with Crippen LogP contribution in [0.4, 0.5) is 0 Å². The number of aryl methyl sites for hydroxylation is 1. The fourth-order valence-electron chi connectivity index (χ4n) is 2.14. The van der Waals surface area contributed by atoms with Crippen molar-refractivity contribution in [1.82, 2.24) is 4.57 Å². The van der Waals surface area contributed by atoms with Gasteiger partial charge in [0.2, 0.25) is 0 Å². The highest BCUT2D eigenvalue weighted by atomic mass is 32.2. The number of nitrogens with zero attached hydrogens (tertiary/aromatic N) is 1. The zero-order valence-corrected chi connectivity index (χ0v) is 11.2. The van der Waals surface area contributed by atoms with Crippen molar-refractivity contribution in [3.05, 3.63) is 66.4 Å².